The third-order valence-electron chi connectivity index (χ3n) is 4.30. The van der Waals surface area contributed by atoms with Gasteiger partial charge in [-0.1, -0.05) is 42.5 Å². The second-order valence-corrected chi connectivity index (χ2v) is 6.27. The molecule has 5 heteroatoms. The summed E-state index contributed by atoms with van der Waals surface area (Å²) in [6.07, 6.45) is 1.73. The zero-order chi connectivity index (χ0) is 19.1. The fourth-order valence-corrected chi connectivity index (χ4v) is 2.71. The lowest BCUT2D eigenvalue weighted by atomic mass is 10.2. The zero-order valence-corrected chi connectivity index (χ0v) is 15.6. The van der Waals surface area contributed by atoms with Gasteiger partial charge in [-0.2, -0.15) is 0 Å². The molecule has 0 atom stereocenters. The van der Waals surface area contributed by atoms with Gasteiger partial charge in [-0.15, -0.1) is 0 Å². The van der Waals surface area contributed by atoms with E-state index in [-0.39, 0.29) is 5.91 Å². The van der Waals surface area contributed by atoms with Gasteiger partial charge in [-0.25, -0.2) is 4.98 Å². The van der Waals surface area contributed by atoms with Gasteiger partial charge in [0.1, 0.15) is 11.4 Å². The minimum atomic E-state index is -0.192. The Bertz CT molecular complexity index is 862. The monoisotopic (exact) mass is 361 g/mol. The van der Waals surface area contributed by atoms with E-state index in [0.29, 0.717) is 12.2 Å². The minimum absolute atomic E-state index is 0.192. The summed E-state index contributed by atoms with van der Waals surface area (Å²) >= 11 is 0. The van der Waals surface area contributed by atoms with Crippen molar-refractivity contribution in [3.63, 3.8) is 0 Å². The van der Waals surface area contributed by atoms with Gasteiger partial charge >= 0.3 is 0 Å². The molecule has 0 aliphatic carbocycles. The van der Waals surface area contributed by atoms with Crippen LogP contribution < -0.4 is 15.0 Å². The fraction of sp³-hybridized carbons (Fsp3) is 0.182. The van der Waals surface area contributed by atoms with Gasteiger partial charge in [0.15, 0.2) is 0 Å². The third-order valence-corrected chi connectivity index (χ3v) is 4.30. The summed E-state index contributed by atoms with van der Waals surface area (Å²) in [5, 5.41) is 2.89. The number of anilines is 1. The van der Waals surface area contributed by atoms with E-state index >= 15 is 0 Å². The number of hydrogen-bond acceptors (Lipinski definition) is 4. The van der Waals surface area contributed by atoms with Gasteiger partial charge in [0.2, 0.25) is 0 Å². The Hall–Kier alpha value is -3.34. The second-order valence-electron chi connectivity index (χ2n) is 6.27. The van der Waals surface area contributed by atoms with Gasteiger partial charge in [0, 0.05) is 20.1 Å². The van der Waals surface area contributed by atoms with Gasteiger partial charge in [-0.05, 0) is 35.4 Å². The number of amides is 1. The number of pyridine rings is 1. The van der Waals surface area contributed by atoms with Crippen LogP contribution in [0.2, 0.25) is 0 Å². The summed E-state index contributed by atoms with van der Waals surface area (Å²) in [7, 11) is 3.64. The van der Waals surface area contributed by atoms with Crippen molar-refractivity contribution in [2.45, 2.75) is 13.1 Å². The molecule has 5 nitrogen and oxygen atoms in total. The molecule has 2 aromatic carbocycles. The van der Waals surface area contributed by atoms with E-state index in [2.05, 4.69) is 27.3 Å². The molecule has 3 aromatic rings. The van der Waals surface area contributed by atoms with Crippen molar-refractivity contribution in [1.29, 1.82) is 0 Å². The normalized spacial score (nSPS) is 10.3. The molecule has 1 aromatic heterocycles. The number of nitrogens with zero attached hydrogens (tertiary/aromatic N) is 2. The fourth-order valence-electron chi connectivity index (χ4n) is 2.71. The van der Waals surface area contributed by atoms with E-state index in [1.165, 1.54) is 5.56 Å². The van der Waals surface area contributed by atoms with E-state index in [1.807, 2.05) is 55.6 Å². The van der Waals surface area contributed by atoms with Gasteiger partial charge < -0.3 is 15.0 Å². The van der Waals surface area contributed by atoms with Crippen LogP contribution in [-0.2, 0) is 13.1 Å². The first-order valence-electron chi connectivity index (χ1n) is 8.78. The molecule has 0 saturated heterocycles. The van der Waals surface area contributed by atoms with Gasteiger partial charge in [-0.3, -0.25) is 4.79 Å². The van der Waals surface area contributed by atoms with Crippen molar-refractivity contribution in [3.8, 4) is 5.75 Å². The predicted molar refractivity (Wildman–Crippen MR) is 107 cm³/mol. The smallest absolute Gasteiger partial charge is 0.270 e. The Morgan fingerprint density at radius 1 is 1.00 bits per heavy atom. The zero-order valence-electron chi connectivity index (χ0n) is 15.6. The van der Waals surface area contributed by atoms with Crippen molar-refractivity contribution in [1.82, 2.24) is 10.3 Å². The molecule has 1 heterocycles. The number of methoxy groups -OCH3 is 1. The summed E-state index contributed by atoms with van der Waals surface area (Å²) in [4.78, 5) is 18.7. The Balaban J connectivity index is 1.56. The number of ether oxygens (including phenoxy) is 1. The SMILES string of the molecule is COc1ccc(CNC(=O)c2ccc(N(C)Cc3ccccc3)cn2)cc1. The van der Waals surface area contributed by atoms with Crippen LogP contribution in [0, 0.1) is 0 Å². The molecule has 1 N–H and O–H groups in total. The minimum Gasteiger partial charge on any atom is -0.497 e. The predicted octanol–water partition coefficient (Wildman–Crippen LogP) is 3.66. The number of hydrogen-bond donors (Lipinski definition) is 1. The average molecular weight is 361 g/mol. The number of aromatic nitrogens is 1. The molecular weight excluding hydrogens is 338 g/mol. The third kappa shape index (κ3) is 5.07. The first kappa shape index (κ1) is 18.5. The maximum absolute atomic E-state index is 12.3. The van der Waals surface area contributed by atoms with E-state index in [0.717, 1.165) is 23.5 Å². The van der Waals surface area contributed by atoms with Crippen molar-refractivity contribution in [2.24, 2.45) is 0 Å². The van der Waals surface area contributed by atoms with Crippen LogP contribution in [0.1, 0.15) is 21.6 Å². The highest BCUT2D eigenvalue weighted by Crippen LogP contribution is 2.15. The van der Waals surface area contributed by atoms with Crippen LogP contribution in [0.5, 0.6) is 5.75 Å². The van der Waals surface area contributed by atoms with Crippen molar-refractivity contribution in [3.05, 3.63) is 89.7 Å². The maximum Gasteiger partial charge on any atom is 0.270 e. The molecule has 0 fully saturated rings. The largest absolute Gasteiger partial charge is 0.497 e. The molecule has 0 aliphatic rings. The number of carbonyl (C=O) groups is 1. The molecule has 0 unspecified atom stereocenters. The highest BCUT2D eigenvalue weighted by Gasteiger charge is 2.09. The van der Waals surface area contributed by atoms with Crippen LogP contribution >= 0.6 is 0 Å². The molecule has 0 radical (unpaired) electrons. The Kier molecular flexibility index (Phi) is 6.05. The quantitative estimate of drug-likeness (QED) is 0.698. The van der Waals surface area contributed by atoms with Crippen LogP contribution in [0.15, 0.2) is 72.9 Å². The first-order chi connectivity index (χ1) is 13.2. The first-order valence-corrected chi connectivity index (χ1v) is 8.78. The van der Waals surface area contributed by atoms with E-state index in [9.17, 15) is 4.79 Å². The topological polar surface area (TPSA) is 54.5 Å². The van der Waals surface area contributed by atoms with Crippen LogP contribution in [0.25, 0.3) is 0 Å². The molecule has 0 saturated carbocycles. The van der Waals surface area contributed by atoms with E-state index in [1.54, 1.807) is 19.4 Å². The molecule has 27 heavy (non-hydrogen) atoms. The molecule has 0 aliphatic heterocycles. The van der Waals surface area contributed by atoms with Gasteiger partial charge in [0.05, 0.1) is 19.0 Å². The van der Waals surface area contributed by atoms with E-state index in [4.69, 9.17) is 4.74 Å². The molecule has 3 rings (SSSR count). The van der Waals surface area contributed by atoms with Crippen molar-refractivity contribution in [2.75, 3.05) is 19.1 Å². The highest BCUT2D eigenvalue weighted by molar-refractivity contribution is 5.92. The summed E-state index contributed by atoms with van der Waals surface area (Å²) in [6.45, 7) is 1.23. The summed E-state index contributed by atoms with van der Waals surface area (Å²) < 4.78 is 5.13. The molecular formula is C22H23N3O2. The lowest BCUT2D eigenvalue weighted by Crippen LogP contribution is -2.24. The summed E-state index contributed by atoms with van der Waals surface area (Å²) in [5.41, 5.74) is 3.59. The highest BCUT2D eigenvalue weighted by atomic mass is 16.5. The number of benzene rings is 2. The summed E-state index contributed by atoms with van der Waals surface area (Å²) in [5.74, 6) is 0.602. The van der Waals surface area contributed by atoms with Crippen molar-refractivity contribution < 1.29 is 9.53 Å². The standard InChI is InChI=1S/C22H23N3O2/c1-25(16-18-6-4-3-5-7-18)19-10-13-21(23-15-19)22(26)24-14-17-8-11-20(27-2)12-9-17/h3-13,15H,14,16H2,1-2H3,(H,24,26). The van der Waals surface area contributed by atoms with Crippen LogP contribution in [-0.4, -0.2) is 25.0 Å². The Labute approximate surface area is 159 Å². The molecule has 1 amide bonds. The average Bonchev–Trinajstić information content (AvgIpc) is 2.73. The Morgan fingerprint density at radius 3 is 2.37 bits per heavy atom. The number of rotatable bonds is 7. The lowest BCUT2D eigenvalue weighted by Gasteiger charge is -2.19. The Morgan fingerprint density at radius 2 is 1.74 bits per heavy atom. The van der Waals surface area contributed by atoms with Crippen LogP contribution in [0.3, 0.4) is 0 Å². The second kappa shape index (κ2) is 8.85. The van der Waals surface area contributed by atoms with Crippen LogP contribution in [0.4, 0.5) is 5.69 Å². The summed E-state index contributed by atoms with van der Waals surface area (Å²) in [6, 6.07) is 21.5. The van der Waals surface area contributed by atoms with E-state index < -0.39 is 0 Å². The number of nitrogens with one attached hydrogen (secondary N) is 1. The lowest BCUT2D eigenvalue weighted by molar-refractivity contribution is 0.0946. The molecule has 0 spiro atoms. The molecule has 0 bridgehead atoms. The number of carbonyl (C=O) groups excluding carboxylic acids is 1. The van der Waals surface area contributed by atoms with Crippen molar-refractivity contribution >= 4 is 11.6 Å². The maximum atomic E-state index is 12.3. The molecule has 138 valence electrons. The van der Waals surface area contributed by atoms with Gasteiger partial charge in [0.25, 0.3) is 5.91 Å².